The Morgan fingerprint density at radius 3 is 2.22 bits per heavy atom. The van der Waals surface area contributed by atoms with Crippen molar-refractivity contribution in [3.05, 3.63) is 72.9 Å². The predicted octanol–water partition coefficient (Wildman–Crippen LogP) is 5.36. The van der Waals surface area contributed by atoms with Crippen LogP contribution in [0.2, 0.25) is 0 Å². The molecular weight excluding hydrogens is 338 g/mol. The molecule has 0 aliphatic heterocycles. The molecule has 27 heavy (non-hydrogen) atoms. The van der Waals surface area contributed by atoms with Gasteiger partial charge in [-0.3, -0.25) is 4.79 Å². The molecule has 1 aromatic heterocycles. The summed E-state index contributed by atoms with van der Waals surface area (Å²) in [5.41, 5.74) is 1.64. The summed E-state index contributed by atoms with van der Waals surface area (Å²) in [6, 6.07) is 21.1. The van der Waals surface area contributed by atoms with Gasteiger partial charge in [0.25, 0.3) is 0 Å². The lowest BCUT2D eigenvalue weighted by atomic mass is 9.85. The van der Waals surface area contributed by atoms with E-state index in [1.165, 1.54) is 0 Å². The van der Waals surface area contributed by atoms with Gasteiger partial charge in [-0.15, -0.1) is 0 Å². The van der Waals surface area contributed by atoms with Gasteiger partial charge in [-0.2, -0.15) is 0 Å². The zero-order valence-electron chi connectivity index (χ0n) is 14.9. The number of nitrogens with zero attached hydrogens (tertiary/aromatic N) is 1. The molecule has 2 aromatic carbocycles. The molecule has 0 spiro atoms. The molecular formula is C22H21N3O2. The third kappa shape index (κ3) is 4.44. The summed E-state index contributed by atoms with van der Waals surface area (Å²) in [7, 11) is 0. The van der Waals surface area contributed by atoms with E-state index in [0.717, 1.165) is 42.1 Å². The van der Waals surface area contributed by atoms with Gasteiger partial charge in [-0.1, -0.05) is 24.6 Å². The molecule has 1 aliphatic rings. The van der Waals surface area contributed by atoms with Gasteiger partial charge in [-0.25, -0.2) is 4.98 Å². The first-order chi connectivity index (χ1) is 13.3. The summed E-state index contributed by atoms with van der Waals surface area (Å²) < 4.78 is 5.79. The molecule has 2 N–H and O–H groups in total. The Hall–Kier alpha value is -3.34. The second-order valence-electron chi connectivity index (χ2n) is 6.61. The molecule has 0 atom stereocenters. The monoisotopic (exact) mass is 359 g/mol. The lowest BCUT2D eigenvalue weighted by Crippen LogP contribution is -2.28. The largest absolute Gasteiger partial charge is 0.457 e. The standard InChI is InChI=1S/C22H21N3O2/c26-22(16-5-4-6-16)25-18-11-14-21(23-15-18)24-17-9-12-20(13-10-17)27-19-7-2-1-3-8-19/h1-3,7-16H,4-6H2,(H,23,24)(H,25,26). The number of rotatable bonds is 6. The van der Waals surface area contributed by atoms with Gasteiger partial charge in [-0.05, 0) is 61.4 Å². The highest BCUT2D eigenvalue weighted by Crippen LogP contribution is 2.28. The lowest BCUT2D eigenvalue weighted by Gasteiger charge is -2.23. The summed E-state index contributed by atoms with van der Waals surface area (Å²) in [6.07, 6.45) is 4.80. The van der Waals surface area contributed by atoms with Crippen molar-refractivity contribution in [3.8, 4) is 11.5 Å². The minimum atomic E-state index is 0.0952. The van der Waals surface area contributed by atoms with Gasteiger partial charge in [0, 0.05) is 11.6 Å². The van der Waals surface area contributed by atoms with E-state index in [2.05, 4.69) is 15.6 Å². The van der Waals surface area contributed by atoms with Crippen LogP contribution < -0.4 is 15.4 Å². The zero-order chi connectivity index (χ0) is 18.5. The van der Waals surface area contributed by atoms with Crippen LogP contribution in [0.4, 0.5) is 17.2 Å². The molecule has 136 valence electrons. The number of benzene rings is 2. The number of amides is 1. The molecule has 4 rings (SSSR count). The number of carbonyl (C=O) groups excluding carboxylic acids is 1. The van der Waals surface area contributed by atoms with Crippen molar-refractivity contribution < 1.29 is 9.53 Å². The van der Waals surface area contributed by atoms with Gasteiger partial charge < -0.3 is 15.4 Å². The van der Waals surface area contributed by atoms with Gasteiger partial charge in [0.05, 0.1) is 11.9 Å². The highest BCUT2D eigenvalue weighted by molar-refractivity contribution is 5.92. The number of pyridine rings is 1. The Kier molecular flexibility index (Phi) is 5.01. The van der Waals surface area contributed by atoms with Crippen LogP contribution in [0.15, 0.2) is 72.9 Å². The van der Waals surface area contributed by atoms with Gasteiger partial charge >= 0.3 is 0 Å². The fourth-order valence-corrected chi connectivity index (χ4v) is 2.84. The smallest absolute Gasteiger partial charge is 0.227 e. The Morgan fingerprint density at radius 2 is 1.59 bits per heavy atom. The van der Waals surface area contributed by atoms with Crippen LogP contribution in [0.1, 0.15) is 19.3 Å². The third-order valence-electron chi connectivity index (χ3n) is 4.61. The molecule has 5 heteroatoms. The van der Waals surface area contributed by atoms with E-state index in [9.17, 15) is 4.79 Å². The van der Waals surface area contributed by atoms with E-state index < -0.39 is 0 Å². The highest BCUT2D eigenvalue weighted by Gasteiger charge is 2.25. The number of anilines is 3. The first kappa shape index (κ1) is 17.1. The normalized spacial score (nSPS) is 13.5. The molecule has 3 aromatic rings. The zero-order valence-corrected chi connectivity index (χ0v) is 14.9. The van der Waals surface area contributed by atoms with E-state index in [-0.39, 0.29) is 11.8 Å². The molecule has 1 amide bonds. The second-order valence-corrected chi connectivity index (χ2v) is 6.61. The van der Waals surface area contributed by atoms with Crippen LogP contribution in [0.25, 0.3) is 0 Å². The molecule has 0 bridgehead atoms. The van der Waals surface area contributed by atoms with Crippen molar-refractivity contribution in [3.63, 3.8) is 0 Å². The molecule has 0 saturated heterocycles. The van der Waals surface area contributed by atoms with Crippen LogP contribution in [0.5, 0.6) is 11.5 Å². The van der Waals surface area contributed by atoms with Gasteiger partial charge in [0.15, 0.2) is 0 Å². The molecule has 5 nitrogen and oxygen atoms in total. The first-order valence-electron chi connectivity index (χ1n) is 9.13. The number of carbonyl (C=O) groups is 1. The first-order valence-corrected chi connectivity index (χ1v) is 9.13. The minimum absolute atomic E-state index is 0.0952. The maximum atomic E-state index is 12.0. The van der Waals surface area contributed by atoms with Crippen LogP contribution in [-0.2, 0) is 4.79 Å². The number of hydrogen-bond acceptors (Lipinski definition) is 4. The average molecular weight is 359 g/mol. The molecule has 1 saturated carbocycles. The van der Waals surface area contributed by atoms with Crippen LogP contribution in [-0.4, -0.2) is 10.9 Å². The molecule has 1 fully saturated rings. The van der Waals surface area contributed by atoms with Crippen molar-refractivity contribution >= 4 is 23.1 Å². The van der Waals surface area contributed by atoms with Crippen LogP contribution in [0, 0.1) is 5.92 Å². The van der Waals surface area contributed by atoms with Crippen molar-refractivity contribution in [2.24, 2.45) is 5.92 Å². The molecule has 0 radical (unpaired) electrons. The summed E-state index contributed by atoms with van der Waals surface area (Å²) >= 11 is 0. The van der Waals surface area contributed by atoms with Gasteiger partial charge in [0.2, 0.25) is 5.91 Å². The Morgan fingerprint density at radius 1 is 0.889 bits per heavy atom. The van der Waals surface area contributed by atoms with E-state index in [0.29, 0.717) is 5.82 Å². The number of nitrogens with one attached hydrogen (secondary N) is 2. The van der Waals surface area contributed by atoms with E-state index in [4.69, 9.17) is 4.74 Å². The Balaban J connectivity index is 1.33. The predicted molar refractivity (Wildman–Crippen MR) is 106 cm³/mol. The number of para-hydroxylation sites is 1. The summed E-state index contributed by atoms with van der Waals surface area (Å²) in [5, 5.41) is 6.16. The van der Waals surface area contributed by atoms with Crippen molar-refractivity contribution in [2.45, 2.75) is 19.3 Å². The molecule has 1 heterocycles. The summed E-state index contributed by atoms with van der Waals surface area (Å²) in [5.74, 6) is 2.55. The van der Waals surface area contributed by atoms with Crippen molar-refractivity contribution in [1.82, 2.24) is 4.98 Å². The lowest BCUT2D eigenvalue weighted by molar-refractivity contribution is -0.122. The second kappa shape index (κ2) is 7.91. The van der Waals surface area contributed by atoms with E-state index >= 15 is 0 Å². The van der Waals surface area contributed by atoms with Crippen molar-refractivity contribution in [2.75, 3.05) is 10.6 Å². The van der Waals surface area contributed by atoms with Gasteiger partial charge in [0.1, 0.15) is 17.3 Å². The SMILES string of the molecule is O=C(Nc1ccc(Nc2ccc(Oc3ccccc3)cc2)nc1)C1CCC1. The number of ether oxygens (including phenoxy) is 1. The minimum Gasteiger partial charge on any atom is -0.457 e. The average Bonchev–Trinajstić information content (AvgIpc) is 2.64. The summed E-state index contributed by atoms with van der Waals surface area (Å²) in [4.78, 5) is 16.3. The maximum Gasteiger partial charge on any atom is 0.227 e. The number of aromatic nitrogens is 1. The Bertz CT molecular complexity index is 889. The highest BCUT2D eigenvalue weighted by atomic mass is 16.5. The van der Waals surface area contributed by atoms with Crippen LogP contribution in [0.3, 0.4) is 0 Å². The molecule has 0 unspecified atom stereocenters. The maximum absolute atomic E-state index is 12.0. The molecule has 1 aliphatic carbocycles. The fraction of sp³-hybridized carbons (Fsp3) is 0.182. The van der Waals surface area contributed by atoms with Crippen LogP contribution >= 0.6 is 0 Å². The number of hydrogen-bond donors (Lipinski definition) is 2. The Labute approximate surface area is 158 Å². The van der Waals surface area contributed by atoms with Crippen molar-refractivity contribution in [1.29, 1.82) is 0 Å². The quantitative estimate of drug-likeness (QED) is 0.622. The summed E-state index contributed by atoms with van der Waals surface area (Å²) in [6.45, 7) is 0. The third-order valence-corrected chi connectivity index (χ3v) is 4.61. The topological polar surface area (TPSA) is 63.2 Å². The van der Waals surface area contributed by atoms with E-state index in [1.54, 1.807) is 6.20 Å². The fourth-order valence-electron chi connectivity index (χ4n) is 2.84. The van der Waals surface area contributed by atoms with E-state index in [1.807, 2.05) is 66.7 Å².